The minimum Gasteiger partial charge on any atom is -0.274 e. The average Bonchev–Trinajstić information content (AvgIpc) is 3.42. The first kappa shape index (κ1) is 14.1. The predicted octanol–water partition coefficient (Wildman–Crippen LogP) is 0.479. The number of rotatable bonds is 2. The summed E-state index contributed by atoms with van der Waals surface area (Å²) < 4.78 is 3.88. The summed E-state index contributed by atoms with van der Waals surface area (Å²) in [7, 11) is 0. The van der Waals surface area contributed by atoms with Crippen LogP contribution in [0.3, 0.4) is 0 Å². The molecule has 6 aromatic rings. The number of H-pyrrole nitrogens is 3. The highest BCUT2D eigenvalue weighted by atomic mass is 15.6. The van der Waals surface area contributed by atoms with Crippen LogP contribution in [0.25, 0.3) is 38.7 Å². The summed E-state index contributed by atoms with van der Waals surface area (Å²) in [4.78, 5) is 10.7. The van der Waals surface area contributed by atoms with Crippen molar-refractivity contribution in [3.05, 3.63) is 67.6 Å². The van der Waals surface area contributed by atoms with Gasteiger partial charge in [-0.3, -0.25) is 10.1 Å². The summed E-state index contributed by atoms with van der Waals surface area (Å²) in [5.74, 6) is 0.802. The van der Waals surface area contributed by atoms with Crippen LogP contribution in [0.5, 0.6) is 0 Å². The van der Waals surface area contributed by atoms with E-state index in [0.29, 0.717) is 0 Å². The lowest BCUT2D eigenvalue weighted by Crippen LogP contribution is -2.66. The third-order valence-corrected chi connectivity index (χ3v) is 4.61. The topological polar surface area (TPSA) is 97.7 Å². The Labute approximate surface area is 151 Å². The van der Waals surface area contributed by atoms with Gasteiger partial charge in [0.25, 0.3) is 6.20 Å². The highest BCUT2D eigenvalue weighted by Gasteiger charge is 2.19. The van der Waals surface area contributed by atoms with Gasteiger partial charge in [-0.2, -0.15) is 5.10 Å². The molecule has 0 amide bonds. The Morgan fingerprint density at radius 3 is 2.78 bits per heavy atom. The molecule has 0 saturated heterocycles. The molecular formula is C18H14N9+3. The van der Waals surface area contributed by atoms with E-state index in [-0.39, 0.29) is 0 Å². The van der Waals surface area contributed by atoms with Crippen LogP contribution in [-0.4, -0.2) is 30.4 Å². The molecule has 0 bridgehead atoms. The molecule has 0 fully saturated rings. The number of pyridine rings is 3. The second-order valence-corrected chi connectivity index (χ2v) is 6.33. The minimum absolute atomic E-state index is 0.802. The predicted molar refractivity (Wildman–Crippen MR) is 94.6 cm³/mol. The highest BCUT2D eigenvalue weighted by Crippen LogP contribution is 2.10. The van der Waals surface area contributed by atoms with E-state index in [1.165, 1.54) is 0 Å². The molecule has 0 aromatic carbocycles. The second kappa shape index (κ2) is 5.18. The molecule has 0 spiro atoms. The van der Waals surface area contributed by atoms with Gasteiger partial charge in [-0.1, -0.05) is 0 Å². The van der Waals surface area contributed by atoms with Gasteiger partial charge >= 0.3 is 5.82 Å². The molecule has 0 saturated carbocycles. The second-order valence-electron chi connectivity index (χ2n) is 6.33. The maximum Gasteiger partial charge on any atom is 0.347 e. The first-order chi connectivity index (χ1) is 13.3. The fourth-order valence-electron chi connectivity index (χ4n) is 3.24. The Hall–Kier alpha value is -4.14. The van der Waals surface area contributed by atoms with Gasteiger partial charge in [-0.05, 0) is 22.2 Å². The van der Waals surface area contributed by atoms with Crippen molar-refractivity contribution in [3.8, 4) is 5.82 Å². The highest BCUT2D eigenvalue weighted by molar-refractivity contribution is 5.76. The van der Waals surface area contributed by atoms with E-state index in [9.17, 15) is 0 Å². The molecule has 6 heterocycles. The number of fused-ring (bicyclic) bond motifs is 3. The Balaban J connectivity index is 1.46. The van der Waals surface area contributed by atoms with Crippen LogP contribution in [0.2, 0.25) is 0 Å². The summed E-state index contributed by atoms with van der Waals surface area (Å²) in [5, 5.41) is 15.7. The van der Waals surface area contributed by atoms with Crippen molar-refractivity contribution in [2.45, 2.75) is 0 Å². The zero-order chi connectivity index (χ0) is 17.8. The summed E-state index contributed by atoms with van der Waals surface area (Å²) in [5.41, 5.74) is 3.74. The van der Waals surface area contributed by atoms with E-state index < -0.39 is 0 Å². The van der Waals surface area contributed by atoms with Crippen molar-refractivity contribution in [1.29, 1.82) is 0 Å². The Morgan fingerprint density at radius 1 is 0.815 bits per heavy atom. The largest absolute Gasteiger partial charge is 0.347 e. The van der Waals surface area contributed by atoms with Crippen molar-refractivity contribution in [2.24, 2.45) is 0 Å². The molecule has 0 atom stereocenters. The summed E-state index contributed by atoms with van der Waals surface area (Å²) in [6, 6.07) is 7.92. The number of aromatic nitrogens is 9. The van der Waals surface area contributed by atoms with Gasteiger partial charge in [0.05, 0.1) is 17.1 Å². The zero-order valence-electron chi connectivity index (χ0n) is 14.0. The summed E-state index contributed by atoms with van der Waals surface area (Å²) in [6.45, 7) is 0. The monoisotopic (exact) mass is 356 g/mol. The average molecular weight is 356 g/mol. The van der Waals surface area contributed by atoms with Crippen LogP contribution in [0.15, 0.2) is 67.6 Å². The molecule has 0 unspecified atom stereocenters. The smallest absolute Gasteiger partial charge is 0.274 e. The normalized spacial score (nSPS) is 11.7. The minimum atomic E-state index is 0.802. The first-order valence-electron chi connectivity index (χ1n) is 8.45. The first-order valence-corrected chi connectivity index (χ1v) is 8.45. The van der Waals surface area contributed by atoms with Crippen LogP contribution in [0, 0.1) is 0 Å². The van der Waals surface area contributed by atoms with Crippen LogP contribution in [0.4, 0.5) is 0 Å². The van der Waals surface area contributed by atoms with E-state index in [0.717, 1.165) is 38.7 Å². The molecule has 6 rings (SSSR count). The maximum atomic E-state index is 4.62. The van der Waals surface area contributed by atoms with Gasteiger partial charge in [0.2, 0.25) is 11.0 Å². The lowest BCUT2D eigenvalue weighted by atomic mass is 10.3. The van der Waals surface area contributed by atoms with Gasteiger partial charge in [0.1, 0.15) is 28.1 Å². The molecule has 0 radical (unpaired) electrons. The van der Waals surface area contributed by atoms with Crippen molar-refractivity contribution in [3.63, 3.8) is 0 Å². The van der Waals surface area contributed by atoms with Gasteiger partial charge < -0.3 is 0 Å². The zero-order valence-corrected chi connectivity index (χ0v) is 14.0. The molecule has 0 aliphatic heterocycles. The molecule has 6 aromatic heterocycles. The van der Waals surface area contributed by atoms with E-state index in [2.05, 4.69) is 30.4 Å². The third-order valence-electron chi connectivity index (χ3n) is 4.61. The summed E-state index contributed by atoms with van der Waals surface area (Å²) in [6.07, 6.45) is 13.4. The van der Waals surface area contributed by atoms with E-state index in [1.54, 1.807) is 12.4 Å². The molecule has 9 heteroatoms. The van der Waals surface area contributed by atoms with Gasteiger partial charge in [-0.15, -0.1) is 4.68 Å². The van der Waals surface area contributed by atoms with Crippen molar-refractivity contribution in [2.75, 3.05) is 0 Å². The fourth-order valence-corrected chi connectivity index (χ4v) is 3.24. The standard InChI is InChI=1S/C18H13N9/c1-2-18(21-17-8-20-22-15(1)17)26-10-13-9-25(6-4-14(13)23-26)27-11-12-3-5-19-7-16(12)24-27/h1-11H,(H2,19,20,21,22,24)/q+2/p+1. The van der Waals surface area contributed by atoms with Gasteiger partial charge in [-0.25, -0.2) is 5.10 Å². The number of nitrogens with one attached hydrogen (secondary N) is 3. The lowest BCUT2D eigenvalue weighted by Gasteiger charge is -1.89. The quantitative estimate of drug-likeness (QED) is 0.394. The number of hydrogen-bond acceptors (Lipinski definition) is 3. The number of aromatic amines is 3. The molecule has 128 valence electrons. The molecular weight excluding hydrogens is 342 g/mol. The Morgan fingerprint density at radius 2 is 1.81 bits per heavy atom. The fraction of sp³-hybridized carbons (Fsp3) is 0. The van der Waals surface area contributed by atoms with E-state index in [1.807, 2.05) is 69.4 Å². The maximum absolute atomic E-state index is 4.62. The molecule has 3 N–H and O–H groups in total. The Kier molecular flexibility index (Phi) is 2.70. The number of nitrogens with zero attached hydrogens (tertiary/aromatic N) is 6. The van der Waals surface area contributed by atoms with Crippen LogP contribution in [-0.2, 0) is 0 Å². The third kappa shape index (κ3) is 2.18. The lowest BCUT2D eigenvalue weighted by molar-refractivity contribution is -1.32. The summed E-state index contributed by atoms with van der Waals surface area (Å²) >= 11 is 0. The van der Waals surface area contributed by atoms with Crippen LogP contribution >= 0.6 is 0 Å². The molecule has 9 nitrogen and oxygen atoms in total. The van der Waals surface area contributed by atoms with Gasteiger partial charge in [0, 0.05) is 23.0 Å². The van der Waals surface area contributed by atoms with Crippen molar-refractivity contribution in [1.82, 2.24) is 30.4 Å². The Bertz CT molecular complexity index is 1410. The SMILES string of the molecule is c1cc2c[n+](-[n+]3ccc4[nH][n+](-c5ccc6[nH]ncc6n5)cc4c3)[nH]c2cn1. The molecule has 0 aliphatic carbocycles. The molecule has 0 aliphatic rings. The van der Waals surface area contributed by atoms with Crippen molar-refractivity contribution < 1.29 is 14.1 Å². The van der Waals surface area contributed by atoms with Crippen molar-refractivity contribution >= 4 is 32.8 Å². The van der Waals surface area contributed by atoms with Gasteiger partial charge in [0.15, 0.2) is 12.4 Å². The van der Waals surface area contributed by atoms with E-state index >= 15 is 0 Å². The van der Waals surface area contributed by atoms with Crippen LogP contribution in [0.1, 0.15) is 0 Å². The van der Waals surface area contributed by atoms with Crippen LogP contribution < -0.4 is 14.1 Å². The number of hydrogen-bond donors (Lipinski definition) is 3. The van der Waals surface area contributed by atoms with E-state index in [4.69, 9.17) is 0 Å². The molecule has 27 heavy (non-hydrogen) atoms.